The van der Waals surface area contributed by atoms with Crippen LogP contribution < -0.4 is 15.4 Å². The molecule has 0 bridgehead atoms. The van der Waals surface area contributed by atoms with E-state index in [0.29, 0.717) is 19.4 Å². The number of carbonyl (C=O) groups is 2. The predicted octanol–water partition coefficient (Wildman–Crippen LogP) is 6.26. The maximum absolute atomic E-state index is 13.7. The summed E-state index contributed by atoms with van der Waals surface area (Å²) in [5.74, 6) is -0.285. The molecule has 3 aromatic carbocycles. The van der Waals surface area contributed by atoms with Gasteiger partial charge >= 0.3 is 12.1 Å². The number of rotatable bonds is 11. The van der Waals surface area contributed by atoms with Crippen molar-refractivity contribution in [1.82, 2.24) is 35.4 Å². The number of para-hydroxylation sites is 2. The number of alkyl halides is 3. The number of ether oxygens (including phenoxy) is 1. The van der Waals surface area contributed by atoms with Crippen LogP contribution >= 0.6 is 0 Å². The molecule has 5 N–H and O–H groups in total. The molecule has 1 aliphatic heterocycles. The number of H-pyrrole nitrogens is 2. The topological polar surface area (TPSA) is 150 Å². The first-order chi connectivity index (χ1) is 25.1. The first-order valence-electron chi connectivity index (χ1n) is 17.1. The van der Waals surface area contributed by atoms with Crippen molar-refractivity contribution in [3.05, 3.63) is 114 Å². The highest BCUT2D eigenvalue weighted by Crippen LogP contribution is 2.27. The Kier molecular flexibility index (Phi) is 11.2. The molecule has 1 aliphatic rings. The van der Waals surface area contributed by atoms with E-state index in [1.807, 2.05) is 36.5 Å². The van der Waals surface area contributed by atoms with Crippen LogP contribution in [0, 0.1) is 0 Å². The number of carboxylic acids is 1. The number of nitrogens with one attached hydrogen (secondary N) is 4. The maximum atomic E-state index is 13.7. The average molecular weight is 716 g/mol. The number of aliphatic carboxylic acids is 1. The minimum absolute atomic E-state index is 0.0129. The minimum atomic E-state index is -5.08. The zero-order chi connectivity index (χ0) is 36.7. The molecule has 0 unspecified atom stereocenters. The highest BCUT2D eigenvalue weighted by atomic mass is 19.4. The summed E-state index contributed by atoms with van der Waals surface area (Å²) in [4.78, 5) is 29.4. The van der Waals surface area contributed by atoms with Gasteiger partial charge in [-0.3, -0.25) is 4.79 Å². The van der Waals surface area contributed by atoms with Gasteiger partial charge in [-0.2, -0.15) is 13.2 Å². The number of amides is 1. The lowest BCUT2D eigenvalue weighted by Crippen LogP contribution is -2.48. The normalized spacial score (nSPS) is 15.2. The van der Waals surface area contributed by atoms with Crippen molar-refractivity contribution in [1.29, 1.82) is 0 Å². The molecule has 1 saturated heterocycles. The van der Waals surface area contributed by atoms with Crippen LogP contribution in [0.4, 0.5) is 13.2 Å². The van der Waals surface area contributed by atoms with Crippen LogP contribution in [0.5, 0.6) is 5.75 Å². The molecule has 7 rings (SSSR count). The zero-order valence-corrected chi connectivity index (χ0v) is 28.5. The largest absolute Gasteiger partial charge is 0.497 e. The molecule has 1 fully saturated rings. The number of aryl methyl sites for hydroxylation is 2. The van der Waals surface area contributed by atoms with Gasteiger partial charge in [-0.25, -0.2) is 4.79 Å². The second-order valence-electron chi connectivity index (χ2n) is 12.7. The summed E-state index contributed by atoms with van der Waals surface area (Å²) in [7, 11) is 1.68. The van der Waals surface area contributed by atoms with Gasteiger partial charge in [-0.15, -0.1) is 10.2 Å². The summed E-state index contributed by atoms with van der Waals surface area (Å²) in [5, 5.41) is 25.9. The van der Waals surface area contributed by atoms with Gasteiger partial charge in [0.2, 0.25) is 5.91 Å². The maximum Gasteiger partial charge on any atom is 0.490 e. The Morgan fingerprint density at radius 3 is 2.17 bits per heavy atom. The molecular weight excluding hydrogens is 675 g/mol. The van der Waals surface area contributed by atoms with Gasteiger partial charge in [-0.1, -0.05) is 55.0 Å². The Morgan fingerprint density at radius 2 is 1.56 bits per heavy atom. The van der Waals surface area contributed by atoms with Crippen LogP contribution in [0.3, 0.4) is 0 Å². The van der Waals surface area contributed by atoms with Crippen LogP contribution in [-0.4, -0.2) is 67.6 Å². The quantitative estimate of drug-likeness (QED) is 0.106. The fourth-order valence-corrected chi connectivity index (χ4v) is 6.54. The lowest BCUT2D eigenvalue weighted by atomic mass is 10.0. The monoisotopic (exact) mass is 715 g/mol. The van der Waals surface area contributed by atoms with E-state index in [-0.39, 0.29) is 18.0 Å². The molecule has 1 amide bonds. The first kappa shape index (κ1) is 36.2. The number of fused-ring (bicyclic) bond motifs is 2. The van der Waals surface area contributed by atoms with Crippen molar-refractivity contribution in [3.63, 3.8) is 0 Å². The SMILES string of the molecule is COc1ccc(Cn2c(CCc3c[nH]c4ccccc34)nnc2[C@@H](Cc2c[nH]c3ccccc23)NC(=O)[C@@H]2CCCCN2)cc1.O=C(O)C(F)(F)F. The Morgan fingerprint density at radius 1 is 0.923 bits per heavy atom. The minimum Gasteiger partial charge on any atom is -0.497 e. The van der Waals surface area contributed by atoms with Crippen molar-refractivity contribution >= 4 is 33.7 Å². The number of nitrogens with zero attached hydrogens (tertiary/aromatic N) is 3. The third-order valence-electron chi connectivity index (χ3n) is 9.25. The van der Waals surface area contributed by atoms with Gasteiger partial charge in [0, 0.05) is 47.0 Å². The van der Waals surface area contributed by atoms with E-state index in [9.17, 15) is 18.0 Å². The number of hydrogen-bond acceptors (Lipinski definition) is 6. The predicted molar refractivity (Wildman–Crippen MR) is 190 cm³/mol. The van der Waals surface area contributed by atoms with E-state index in [1.165, 1.54) is 10.9 Å². The lowest BCUT2D eigenvalue weighted by Gasteiger charge is -2.26. The van der Waals surface area contributed by atoms with Gasteiger partial charge < -0.3 is 35.0 Å². The summed E-state index contributed by atoms with van der Waals surface area (Å²) in [6.07, 6.45) is 4.14. The van der Waals surface area contributed by atoms with Crippen molar-refractivity contribution in [3.8, 4) is 5.75 Å². The highest BCUT2D eigenvalue weighted by Gasteiger charge is 2.38. The Hall–Kier alpha value is -5.63. The first-order valence-corrected chi connectivity index (χ1v) is 17.1. The molecule has 52 heavy (non-hydrogen) atoms. The van der Waals surface area contributed by atoms with Crippen LogP contribution in [-0.2, 0) is 35.4 Å². The summed E-state index contributed by atoms with van der Waals surface area (Å²) >= 11 is 0. The van der Waals surface area contributed by atoms with Crippen LogP contribution in [0.1, 0.15) is 53.6 Å². The number of piperidine rings is 1. The summed E-state index contributed by atoms with van der Waals surface area (Å²) in [6.45, 7) is 1.44. The van der Waals surface area contributed by atoms with E-state index < -0.39 is 12.1 Å². The molecule has 11 nitrogen and oxygen atoms in total. The number of carboxylic acid groups (broad SMARTS) is 1. The third-order valence-corrected chi connectivity index (χ3v) is 9.25. The molecule has 3 aromatic heterocycles. The molecule has 0 radical (unpaired) electrons. The Balaban J connectivity index is 0.000000604. The van der Waals surface area contributed by atoms with Crippen LogP contribution in [0.2, 0.25) is 0 Å². The standard InChI is InChI=1S/C36H39N7O2.C2HF3O2/c1-45-27-16-13-24(14-17-27)23-43-34(18-15-25-21-38-30-10-4-2-8-28(25)30)41-42-35(43)33(40-36(44)32-12-6-7-19-37-32)20-26-22-39-31-11-5-3-9-29(26)31;3-2(4,5)1(6)7/h2-5,8-11,13-14,16-17,21-22,32-33,37-39H,6-7,12,15,18-20,23H2,1H3,(H,40,44);(H,6,7)/t32-,33+;/m0./s1. The van der Waals surface area contributed by atoms with E-state index in [1.54, 1.807) is 7.11 Å². The Labute approximate surface area is 297 Å². The van der Waals surface area contributed by atoms with E-state index in [0.717, 1.165) is 77.2 Å². The van der Waals surface area contributed by atoms with Gasteiger partial charge in [0.05, 0.1) is 25.7 Å². The number of carbonyl (C=O) groups excluding carboxylic acids is 1. The van der Waals surface area contributed by atoms with Crippen LogP contribution in [0.25, 0.3) is 21.8 Å². The molecule has 14 heteroatoms. The van der Waals surface area contributed by atoms with Gasteiger partial charge in [-0.05, 0) is 66.8 Å². The molecule has 4 heterocycles. The molecule has 2 atom stereocenters. The fraction of sp³-hybridized carbons (Fsp3) is 0.316. The number of methoxy groups -OCH3 is 1. The highest BCUT2D eigenvalue weighted by molar-refractivity contribution is 5.84. The van der Waals surface area contributed by atoms with Gasteiger partial charge in [0.25, 0.3) is 0 Å². The number of halogens is 3. The summed E-state index contributed by atoms with van der Waals surface area (Å²) in [5.41, 5.74) is 5.69. The smallest absolute Gasteiger partial charge is 0.490 e. The molecule has 272 valence electrons. The van der Waals surface area contributed by atoms with Crippen molar-refractivity contribution in [2.45, 2.75) is 63.3 Å². The van der Waals surface area contributed by atoms with Crippen molar-refractivity contribution in [2.75, 3.05) is 13.7 Å². The fourth-order valence-electron chi connectivity index (χ4n) is 6.54. The number of aromatic nitrogens is 5. The van der Waals surface area contributed by atoms with Crippen molar-refractivity contribution < 1.29 is 32.6 Å². The van der Waals surface area contributed by atoms with Crippen LogP contribution in [0.15, 0.2) is 85.2 Å². The second kappa shape index (κ2) is 16.1. The Bertz CT molecular complexity index is 2110. The second-order valence-corrected chi connectivity index (χ2v) is 12.7. The third kappa shape index (κ3) is 8.62. The van der Waals surface area contributed by atoms with Crippen molar-refractivity contribution in [2.24, 2.45) is 0 Å². The van der Waals surface area contributed by atoms with E-state index >= 15 is 0 Å². The number of benzene rings is 3. The zero-order valence-electron chi connectivity index (χ0n) is 28.5. The van der Waals surface area contributed by atoms with E-state index in [4.69, 9.17) is 24.8 Å². The number of hydrogen-bond donors (Lipinski definition) is 5. The van der Waals surface area contributed by atoms with Gasteiger partial charge in [0.15, 0.2) is 5.82 Å². The molecule has 0 aliphatic carbocycles. The molecule has 0 spiro atoms. The summed E-state index contributed by atoms with van der Waals surface area (Å²) in [6, 6.07) is 24.2. The molecular formula is C38H40F3N7O4. The lowest BCUT2D eigenvalue weighted by molar-refractivity contribution is -0.192. The molecule has 6 aromatic rings. The summed E-state index contributed by atoms with van der Waals surface area (Å²) < 4.78 is 39.3. The molecule has 0 saturated carbocycles. The van der Waals surface area contributed by atoms with E-state index in [2.05, 4.69) is 73.8 Å². The average Bonchev–Trinajstić information content (AvgIpc) is 3.88. The number of aromatic amines is 2. The van der Waals surface area contributed by atoms with Gasteiger partial charge in [0.1, 0.15) is 11.6 Å².